The van der Waals surface area contributed by atoms with E-state index in [0.717, 1.165) is 24.9 Å². The highest BCUT2D eigenvalue weighted by atomic mass is 79.9. The minimum Gasteiger partial charge on any atom is -0.384 e. The van der Waals surface area contributed by atoms with Crippen LogP contribution in [0.1, 0.15) is 25.7 Å². The fraction of sp³-hybridized carbons (Fsp3) is 0.462. The molecule has 1 aliphatic carbocycles. The van der Waals surface area contributed by atoms with Crippen LogP contribution < -0.4 is 10.6 Å². The predicted molar refractivity (Wildman–Crippen MR) is 79.7 cm³/mol. The number of anilines is 1. The molecule has 0 spiro atoms. The van der Waals surface area contributed by atoms with Crippen molar-refractivity contribution in [1.82, 2.24) is 5.32 Å². The highest BCUT2D eigenvalue weighted by Gasteiger charge is 2.22. The van der Waals surface area contributed by atoms with Gasteiger partial charge in [0.05, 0.1) is 4.92 Å². The third-order valence-electron chi connectivity index (χ3n) is 3.00. The van der Waals surface area contributed by atoms with Gasteiger partial charge in [-0.25, -0.2) is 0 Å². The lowest BCUT2D eigenvalue weighted by Crippen LogP contribution is -2.25. The largest absolute Gasteiger partial charge is 0.384 e. The van der Waals surface area contributed by atoms with Gasteiger partial charge in [-0.2, -0.15) is 0 Å². The van der Waals surface area contributed by atoms with Gasteiger partial charge in [0, 0.05) is 41.3 Å². The summed E-state index contributed by atoms with van der Waals surface area (Å²) in [5, 5.41) is 16.7. The van der Waals surface area contributed by atoms with Crippen molar-refractivity contribution in [1.29, 1.82) is 0 Å². The van der Waals surface area contributed by atoms with Gasteiger partial charge in [0.15, 0.2) is 0 Å². The van der Waals surface area contributed by atoms with Crippen LogP contribution in [0.25, 0.3) is 0 Å². The number of benzene rings is 1. The van der Waals surface area contributed by atoms with E-state index in [1.165, 1.54) is 12.1 Å². The van der Waals surface area contributed by atoms with Crippen LogP contribution in [0.3, 0.4) is 0 Å². The van der Waals surface area contributed by atoms with Crippen LogP contribution >= 0.6 is 15.9 Å². The van der Waals surface area contributed by atoms with Crippen molar-refractivity contribution in [3.05, 3.63) is 32.8 Å². The van der Waals surface area contributed by atoms with Crippen LogP contribution in [0.2, 0.25) is 0 Å². The van der Waals surface area contributed by atoms with Gasteiger partial charge in [0.25, 0.3) is 5.69 Å². The topological polar surface area (TPSA) is 84.3 Å². The molecule has 1 saturated carbocycles. The van der Waals surface area contributed by atoms with E-state index in [4.69, 9.17) is 0 Å². The summed E-state index contributed by atoms with van der Waals surface area (Å²) in [6.07, 6.45) is 3.41. The van der Waals surface area contributed by atoms with Crippen LogP contribution in [-0.2, 0) is 4.79 Å². The summed E-state index contributed by atoms with van der Waals surface area (Å²) >= 11 is 3.29. The van der Waals surface area contributed by atoms with Gasteiger partial charge >= 0.3 is 0 Å². The van der Waals surface area contributed by atoms with E-state index in [-0.39, 0.29) is 11.6 Å². The highest BCUT2D eigenvalue weighted by molar-refractivity contribution is 9.10. The van der Waals surface area contributed by atoms with Gasteiger partial charge in [0.2, 0.25) is 5.91 Å². The molecule has 1 aromatic carbocycles. The number of nitro groups is 1. The lowest BCUT2D eigenvalue weighted by molar-refractivity contribution is -0.384. The number of hydrogen-bond acceptors (Lipinski definition) is 4. The Morgan fingerprint density at radius 1 is 1.45 bits per heavy atom. The van der Waals surface area contributed by atoms with Gasteiger partial charge in [-0.1, -0.05) is 0 Å². The second-order valence-electron chi connectivity index (χ2n) is 4.79. The lowest BCUT2D eigenvalue weighted by atomic mass is 10.2. The highest BCUT2D eigenvalue weighted by Crippen LogP contribution is 2.27. The van der Waals surface area contributed by atoms with Gasteiger partial charge in [-0.15, -0.1) is 0 Å². The number of carbonyl (C=O) groups is 1. The monoisotopic (exact) mass is 341 g/mol. The molecule has 0 aliphatic heterocycles. The Hall–Kier alpha value is -1.63. The summed E-state index contributed by atoms with van der Waals surface area (Å²) in [6.45, 7) is 0.647. The quantitative estimate of drug-likeness (QED) is 0.453. The van der Waals surface area contributed by atoms with Crippen LogP contribution in [-0.4, -0.2) is 23.4 Å². The van der Waals surface area contributed by atoms with Crippen molar-refractivity contribution in [2.75, 3.05) is 11.9 Å². The van der Waals surface area contributed by atoms with Crippen molar-refractivity contribution in [2.24, 2.45) is 0 Å². The summed E-state index contributed by atoms with van der Waals surface area (Å²) in [4.78, 5) is 21.6. The third-order valence-corrected chi connectivity index (χ3v) is 3.66. The number of non-ortho nitro benzene ring substituents is 1. The van der Waals surface area contributed by atoms with Crippen molar-refractivity contribution in [2.45, 2.75) is 31.7 Å². The molecule has 20 heavy (non-hydrogen) atoms. The predicted octanol–water partition coefficient (Wildman–Crippen LogP) is 2.83. The Balaban J connectivity index is 1.73. The number of amides is 1. The van der Waals surface area contributed by atoms with Crippen LogP contribution in [0.4, 0.5) is 11.4 Å². The molecule has 0 atom stereocenters. The van der Waals surface area contributed by atoms with E-state index in [9.17, 15) is 14.9 Å². The van der Waals surface area contributed by atoms with Gasteiger partial charge in [-0.05, 0) is 41.3 Å². The molecule has 0 unspecified atom stereocenters. The summed E-state index contributed by atoms with van der Waals surface area (Å²) in [6, 6.07) is 4.97. The Labute approximate surface area is 125 Å². The number of halogens is 1. The fourth-order valence-electron chi connectivity index (χ4n) is 1.76. The molecule has 1 aromatic rings. The number of nitrogens with zero attached hydrogens (tertiary/aromatic N) is 1. The molecule has 108 valence electrons. The Kier molecular flexibility index (Phi) is 4.94. The summed E-state index contributed by atoms with van der Waals surface area (Å²) < 4.78 is 0.647. The Morgan fingerprint density at radius 3 is 2.80 bits per heavy atom. The molecule has 6 nitrogen and oxygen atoms in total. The maximum Gasteiger partial charge on any atom is 0.270 e. The smallest absolute Gasteiger partial charge is 0.270 e. The normalized spacial score (nSPS) is 13.8. The maximum absolute atomic E-state index is 11.5. The summed E-state index contributed by atoms with van der Waals surface area (Å²) in [5.41, 5.74) is 0.837. The molecule has 0 heterocycles. The van der Waals surface area contributed by atoms with E-state index in [1.54, 1.807) is 6.07 Å². The molecule has 7 heteroatoms. The molecule has 0 bridgehead atoms. The average Bonchev–Trinajstić information content (AvgIpc) is 3.19. The minimum atomic E-state index is -0.434. The molecule has 1 fully saturated rings. The third kappa shape index (κ3) is 4.48. The second kappa shape index (κ2) is 6.69. The van der Waals surface area contributed by atoms with E-state index in [1.807, 2.05) is 0 Å². The number of nitro benzene ring substituents is 1. The van der Waals surface area contributed by atoms with Crippen molar-refractivity contribution in [3.8, 4) is 0 Å². The molecule has 2 N–H and O–H groups in total. The number of hydrogen-bond donors (Lipinski definition) is 2. The van der Waals surface area contributed by atoms with Crippen LogP contribution in [0.5, 0.6) is 0 Å². The van der Waals surface area contributed by atoms with Gasteiger partial charge < -0.3 is 10.6 Å². The Bertz CT molecular complexity index is 518. The SMILES string of the molecule is O=C(CCCNc1ccc([N+](=O)[O-])cc1Br)NC1CC1. The van der Waals surface area contributed by atoms with E-state index >= 15 is 0 Å². The summed E-state index contributed by atoms with van der Waals surface area (Å²) in [7, 11) is 0. The fourth-order valence-corrected chi connectivity index (χ4v) is 2.27. The van der Waals surface area contributed by atoms with Crippen LogP contribution in [0, 0.1) is 10.1 Å². The first-order valence-corrected chi connectivity index (χ1v) is 7.33. The standard InChI is InChI=1S/C13H16BrN3O3/c14-11-8-10(17(19)20)5-6-12(11)15-7-1-2-13(18)16-9-3-4-9/h5-6,8-9,15H,1-4,7H2,(H,16,18). The average molecular weight is 342 g/mol. The molecular weight excluding hydrogens is 326 g/mol. The van der Waals surface area contributed by atoms with Crippen molar-refractivity contribution in [3.63, 3.8) is 0 Å². The van der Waals surface area contributed by atoms with E-state index < -0.39 is 4.92 Å². The van der Waals surface area contributed by atoms with Gasteiger partial charge in [0.1, 0.15) is 0 Å². The van der Waals surface area contributed by atoms with E-state index in [2.05, 4.69) is 26.6 Å². The molecule has 0 radical (unpaired) electrons. The molecule has 0 aromatic heterocycles. The second-order valence-corrected chi connectivity index (χ2v) is 5.65. The lowest BCUT2D eigenvalue weighted by Gasteiger charge is -2.08. The zero-order valence-electron chi connectivity index (χ0n) is 10.9. The Morgan fingerprint density at radius 2 is 2.20 bits per heavy atom. The summed E-state index contributed by atoms with van der Waals surface area (Å²) in [5.74, 6) is 0.0945. The van der Waals surface area contributed by atoms with Crippen LogP contribution in [0.15, 0.2) is 22.7 Å². The first-order valence-electron chi connectivity index (χ1n) is 6.53. The zero-order chi connectivity index (χ0) is 14.5. The maximum atomic E-state index is 11.5. The zero-order valence-corrected chi connectivity index (χ0v) is 12.5. The first-order chi connectivity index (χ1) is 9.56. The molecule has 2 rings (SSSR count). The number of nitrogens with one attached hydrogen (secondary N) is 2. The van der Waals surface area contributed by atoms with E-state index in [0.29, 0.717) is 23.5 Å². The molecule has 0 saturated heterocycles. The first kappa shape index (κ1) is 14.8. The number of rotatable bonds is 7. The minimum absolute atomic E-state index is 0.0474. The molecule has 1 aliphatic rings. The van der Waals surface area contributed by atoms with Crippen molar-refractivity contribution < 1.29 is 9.72 Å². The van der Waals surface area contributed by atoms with Gasteiger partial charge in [-0.3, -0.25) is 14.9 Å². The van der Waals surface area contributed by atoms with Crippen molar-refractivity contribution >= 4 is 33.2 Å². The molecule has 1 amide bonds. The number of carbonyl (C=O) groups excluding carboxylic acids is 1. The molecular formula is C13H16BrN3O3.